The van der Waals surface area contributed by atoms with E-state index in [1.165, 1.54) is 4.68 Å². The molecule has 0 radical (unpaired) electrons. The van der Waals surface area contributed by atoms with Crippen molar-refractivity contribution in [2.45, 2.75) is 45.6 Å². The van der Waals surface area contributed by atoms with E-state index in [9.17, 15) is 13.6 Å². The summed E-state index contributed by atoms with van der Waals surface area (Å²) in [5.74, 6) is -1.28. The van der Waals surface area contributed by atoms with Crippen molar-refractivity contribution in [3.63, 3.8) is 0 Å². The van der Waals surface area contributed by atoms with Crippen molar-refractivity contribution in [2.75, 3.05) is 0 Å². The Labute approximate surface area is 178 Å². The van der Waals surface area contributed by atoms with Gasteiger partial charge in [0, 0.05) is 23.7 Å². The monoisotopic (exact) mass is 423 g/mol. The van der Waals surface area contributed by atoms with Crippen LogP contribution in [0.5, 0.6) is 0 Å². The lowest BCUT2D eigenvalue weighted by molar-refractivity contribution is 0.0893. The van der Waals surface area contributed by atoms with Crippen LogP contribution in [-0.2, 0) is 6.42 Å². The minimum atomic E-state index is -0.803. The lowest BCUT2D eigenvalue weighted by atomic mass is 9.84. The molecule has 0 aliphatic heterocycles. The molecule has 8 heteroatoms. The first kappa shape index (κ1) is 19.8. The van der Waals surface area contributed by atoms with Crippen LogP contribution in [0.4, 0.5) is 8.78 Å². The molecule has 5 rings (SSSR count). The Morgan fingerprint density at radius 2 is 2.06 bits per heavy atom. The van der Waals surface area contributed by atoms with E-state index in [0.717, 1.165) is 42.1 Å². The zero-order valence-electron chi connectivity index (χ0n) is 17.6. The van der Waals surface area contributed by atoms with Crippen LogP contribution in [0.2, 0.25) is 0 Å². The number of carbonyl (C=O) groups excluding carboxylic acids is 1. The summed E-state index contributed by atoms with van der Waals surface area (Å²) in [5, 5.41) is 7.54. The first-order valence-corrected chi connectivity index (χ1v) is 10.4. The fraction of sp³-hybridized carbons (Fsp3) is 0.391. The van der Waals surface area contributed by atoms with Crippen LogP contribution in [0.15, 0.2) is 36.7 Å². The van der Waals surface area contributed by atoms with Crippen LogP contribution in [-0.4, -0.2) is 25.7 Å². The largest absolute Gasteiger partial charge is 0.342 e. The van der Waals surface area contributed by atoms with Gasteiger partial charge in [0.1, 0.15) is 5.82 Å². The number of aromatic nitrogens is 4. The molecule has 6 nitrogen and oxygen atoms in total. The summed E-state index contributed by atoms with van der Waals surface area (Å²) in [6.07, 6.45) is 4.38. The number of pyridine rings is 2. The van der Waals surface area contributed by atoms with Crippen molar-refractivity contribution in [3.8, 4) is 5.82 Å². The molecule has 0 spiro atoms. The van der Waals surface area contributed by atoms with Crippen LogP contribution < -0.4 is 5.32 Å². The summed E-state index contributed by atoms with van der Waals surface area (Å²) < 4.78 is 29.2. The highest BCUT2D eigenvalue weighted by atomic mass is 19.1. The second kappa shape index (κ2) is 6.93. The van der Waals surface area contributed by atoms with Gasteiger partial charge in [-0.25, -0.2) is 18.4 Å². The highest BCUT2D eigenvalue weighted by Crippen LogP contribution is 2.57. The first-order valence-electron chi connectivity index (χ1n) is 10.4. The van der Waals surface area contributed by atoms with E-state index in [0.29, 0.717) is 5.92 Å². The molecule has 2 aliphatic carbocycles. The van der Waals surface area contributed by atoms with Crippen molar-refractivity contribution in [3.05, 3.63) is 70.9 Å². The molecule has 0 aromatic carbocycles. The van der Waals surface area contributed by atoms with Crippen LogP contribution in [0.3, 0.4) is 0 Å². The molecular formula is C23H23F2N5O. The number of hydrogen-bond acceptors (Lipinski definition) is 4. The normalized spacial score (nSPS) is 20.2. The maximum absolute atomic E-state index is 14.5. The number of amides is 1. The maximum Gasteiger partial charge on any atom is 0.272 e. The lowest BCUT2D eigenvalue weighted by Gasteiger charge is -2.30. The summed E-state index contributed by atoms with van der Waals surface area (Å²) in [7, 11) is 0. The van der Waals surface area contributed by atoms with Crippen LogP contribution in [0.1, 0.15) is 66.6 Å². The standard InChI is InChI=1S/C23H23F2N5O/c1-23(2,3)20(17-6-4-5-7-26-17)28-22(31)18-15-9-12-8-14(12)19(15)30(29-18)21-16(25)10-13(24)11-27-21/h4-7,10-12,14,20H,8-9H2,1-3H3,(H,28,31)/t12-,14-,20+/m1/s1. The molecule has 3 heterocycles. The van der Waals surface area contributed by atoms with Gasteiger partial charge in [-0.1, -0.05) is 26.8 Å². The molecule has 0 unspecified atom stereocenters. The number of hydrogen-bond donors (Lipinski definition) is 1. The number of rotatable bonds is 4. The number of fused-ring (bicyclic) bond motifs is 3. The van der Waals surface area contributed by atoms with Gasteiger partial charge in [-0.15, -0.1) is 0 Å². The molecule has 1 fully saturated rings. The van der Waals surface area contributed by atoms with Gasteiger partial charge in [0.15, 0.2) is 17.3 Å². The van der Waals surface area contributed by atoms with Gasteiger partial charge in [-0.3, -0.25) is 9.78 Å². The molecule has 160 valence electrons. The Morgan fingerprint density at radius 1 is 1.26 bits per heavy atom. The molecule has 2 aliphatic rings. The third kappa shape index (κ3) is 3.40. The molecule has 1 saturated carbocycles. The van der Waals surface area contributed by atoms with Gasteiger partial charge >= 0.3 is 0 Å². The van der Waals surface area contributed by atoms with E-state index in [1.54, 1.807) is 6.20 Å². The predicted octanol–water partition coefficient (Wildman–Crippen LogP) is 4.12. The minimum Gasteiger partial charge on any atom is -0.342 e. The molecule has 0 saturated heterocycles. The molecule has 3 atom stereocenters. The Bertz CT molecular complexity index is 1170. The zero-order chi connectivity index (χ0) is 21.9. The second-order valence-electron chi connectivity index (χ2n) is 9.42. The van der Waals surface area contributed by atoms with E-state index in [-0.39, 0.29) is 34.8 Å². The Morgan fingerprint density at radius 3 is 2.74 bits per heavy atom. The Hall–Kier alpha value is -3.16. The lowest BCUT2D eigenvalue weighted by Crippen LogP contribution is -2.37. The van der Waals surface area contributed by atoms with Gasteiger partial charge in [0.05, 0.1) is 23.6 Å². The average Bonchev–Trinajstić information content (AvgIpc) is 3.22. The van der Waals surface area contributed by atoms with Crippen LogP contribution in [0.25, 0.3) is 5.82 Å². The first-order chi connectivity index (χ1) is 14.7. The maximum atomic E-state index is 14.5. The quantitative estimate of drug-likeness (QED) is 0.685. The average molecular weight is 423 g/mol. The molecule has 1 N–H and O–H groups in total. The van der Waals surface area contributed by atoms with Crippen molar-refractivity contribution < 1.29 is 13.6 Å². The molecule has 3 aromatic heterocycles. The van der Waals surface area contributed by atoms with E-state index < -0.39 is 11.6 Å². The number of nitrogens with zero attached hydrogens (tertiary/aromatic N) is 4. The molecule has 0 bridgehead atoms. The van der Waals surface area contributed by atoms with Crippen molar-refractivity contribution in [1.82, 2.24) is 25.1 Å². The van der Waals surface area contributed by atoms with E-state index >= 15 is 0 Å². The number of nitrogens with one attached hydrogen (secondary N) is 1. The highest BCUT2D eigenvalue weighted by Gasteiger charge is 2.50. The molecule has 31 heavy (non-hydrogen) atoms. The summed E-state index contributed by atoms with van der Waals surface area (Å²) in [6, 6.07) is 6.05. The Kier molecular flexibility index (Phi) is 4.42. The summed E-state index contributed by atoms with van der Waals surface area (Å²) in [5.41, 5.74) is 2.39. The topological polar surface area (TPSA) is 72.7 Å². The SMILES string of the molecule is CC(C)(C)[C@@H](NC(=O)c1nn(-c2ncc(F)cc2F)c2c1C[C@H]1C[C@@H]21)c1ccccn1. The predicted molar refractivity (Wildman–Crippen MR) is 110 cm³/mol. The number of carbonyl (C=O) groups is 1. The molecule has 3 aromatic rings. The van der Waals surface area contributed by atoms with Gasteiger partial charge in [0.2, 0.25) is 0 Å². The highest BCUT2D eigenvalue weighted by molar-refractivity contribution is 5.94. The van der Waals surface area contributed by atoms with Crippen LogP contribution in [0, 0.1) is 23.0 Å². The zero-order valence-corrected chi connectivity index (χ0v) is 17.6. The molecule has 1 amide bonds. The summed E-state index contributed by atoms with van der Waals surface area (Å²) >= 11 is 0. The third-order valence-electron chi connectivity index (χ3n) is 6.09. The fourth-order valence-corrected chi connectivity index (χ4v) is 4.50. The van der Waals surface area contributed by atoms with Crippen molar-refractivity contribution in [1.29, 1.82) is 0 Å². The van der Waals surface area contributed by atoms with E-state index in [2.05, 4.69) is 20.4 Å². The van der Waals surface area contributed by atoms with E-state index in [4.69, 9.17) is 0 Å². The summed E-state index contributed by atoms with van der Waals surface area (Å²) in [4.78, 5) is 21.7. The van der Waals surface area contributed by atoms with Gasteiger partial charge < -0.3 is 5.32 Å². The molecular weight excluding hydrogens is 400 g/mol. The Balaban J connectivity index is 1.54. The smallest absolute Gasteiger partial charge is 0.272 e. The minimum absolute atomic E-state index is 0.0821. The second-order valence-corrected chi connectivity index (χ2v) is 9.42. The van der Waals surface area contributed by atoms with Gasteiger partial charge in [-0.05, 0) is 36.3 Å². The van der Waals surface area contributed by atoms with E-state index in [1.807, 2.05) is 39.0 Å². The third-order valence-corrected chi connectivity index (χ3v) is 6.09. The van der Waals surface area contributed by atoms with Gasteiger partial charge in [0.25, 0.3) is 5.91 Å². The van der Waals surface area contributed by atoms with Crippen molar-refractivity contribution >= 4 is 5.91 Å². The van der Waals surface area contributed by atoms with Crippen molar-refractivity contribution in [2.24, 2.45) is 11.3 Å². The van der Waals surface area contributed by atoms with Crippen LogP contribution >= 0.6 is 0 Å². The summed E-state index contributed by atoms with van der Waals surface area (Å²) in [6.45, 7) is 6.09. The fourth-order valence-electron chi connectivity index (χ4n) is 4.50. The van der Waals surface area contributed by atoms with Gasteiger partial charge in [-0.2, -0.15) is 5.10 Å². The number of halogens is 2.